The maximum absolute atomic E-state index is 12.3. The molecule has 0 atom stereocenters. The highest BCUT2D eigenvalue weighted by Crippen LogP contribution is 2.14. The third-order valence-electron chi connectivity index (χ3n) is 3.51. The molecule has 0 aliphatic carbocycles. The van der Waals surface area contributed by atoms with Gasteiger partial charge in [-0.25, -0.2) is 4.79 Å². The van der Waals surface area contributed by atoms with Crippen LogP contribution in [0.4, 0.5) is 0 Å². The molecule has 122 valence electrons. The Bertz CT molecular complexity index is 803. The minimum atomic E-state index is -1.15. The standard InChI is InChI=1S/C19H16O5/c1-12(20)10-17(21)14-8-6-13(7-9-14)11-18(22)15-4-2-3-5-16(15)19(23)24/h2-9H,10-11H2,1H3,(H,23,24). The smallest absolute Gasteiger partial charge is 0.336 e. The van der Waals surface area contributed by atoms with Crippen molar-refractivity contribution >= 4 is 23.3 Å². The summed E-state index contributed by atoms with van der Waals surface area (Å²) in [6.45, 7) is 1.35. The van der Waals surface area contributed by atoms with Crippen molar-refractivity contribution in [3.05, 3.63) is 70.8 Å². The minimum Gasteiger partial charge on any atom is -0.478 e. The van der Waals surface area contributed by atoms with Gasteiger partial charge >= 0.3 is 5.97 Å². The zero-order valence-corrected chi connectivity index (χ0v) is 13.1. The van der Waals surface area contributed by atoms with Crippen LogP contribution in [0.15, 0.2) is 48.5 Å². The Morgan fingerprint density at radius 1 is 0.833 bits per heavy atom. The summed E-state index contributed by atoms with van der Waals surface area (Å²) in [4.78, 5) is 46.2. The predicted molar refractivity (Wildman–Crippen MR) is 87.5 cm³/mol. The van der Waals surface area contributed by atoms with Crippen molar-refractivity contribution in [2.24, 2.45) is 0 Å². The lowest BCUT2D eigenvalue weighted by atomic mass is 9.97. The Hall–Kier alpha value is -3.08. The second-order valence-electron chi connectivity index (χ2n) is 5.45. The van der Waals surface area contributed by atoms with Crippen molar-refractivity contribution in [1.29, 1.82) is 0 Å². The lowest BCUT2D eigenvalue weighted by Crippen LogP contribution is -2.11. The van der Waals surface area contributed by atoms with Crippen LogP contribution in [0.25, 0.3) is 0 Å². The Morgan fingerprint density at radius 2 is 1.42 bits per heavy atom. The second kappa shape index (κ2) is 7.46. The number of ketones is 3. The molecule has 5 heteroatoms. The van der Waals surface area contributed by atoms with E-state index in [-0.39, 0.29) is 41.3 Å². The Balaban J connectivity index is 2.14. The summed E-state index contributed by atoms with van der Waals surface area (Å²) in [5.74, 6) is -1.93. The zero-order valence-electron chi connectivity index (χ0n) is 13.1. The van der Waals surface area contributed by atoms with Crippen LogP contribution in [0.5, 0.6) is 0 Å². The third-order valence-corrected chi connectivity index (χ3v) is 3.51. The molecule has 0 unspecified atom stereocenters. The van der Waals surface area contributed by atoms with E-state index in [1.165, 1.54) is 19.1 Å². The van der Waals surface area contributed by atoms with Gasteiger partial charge in [0, 0.05) is 17.5 Å². The molecule has 2 rings (SSSR count). The van der Waals surface area contributed by atoms with E-state index in [1.54, 1.807) is 36.4 Å². The third kappa shape index (κ3) is 4.23. The van der Waals surface area contributed by atoms with E-state index >= 15 is 0 Å². The zero-order chi connectivity index (χ0) is 17.7. The van der Waals surface area contributed by atoms with Crippen LogP contribution in [0.3, 0.4) is 0 Å². The van der Waals surface area contributed by atoms with Crippen molar-refractivity contribution in [2.75, 3.05) is 0 Å². The van der Waals surface area contributed by atoms with Gasteiger partial charge in [0.15, 0.2) is 11.6 Å². The molecule has 0 saturated heterocycles. The number of Topliss-reactive ketones (excluding diaryl/α,β-unsaturated/α-hetero) is 3. The molecule has 0 aromatic heterocycles. The van der Waals surface area contributed by atoms with Crippen LogP contribution < -0.4 is 0 Å². The van der Waals surface area contributed by atoms with E-state index in [4.69, 9.17) is 5.11 Å². The topological polar surface area (TPSA) is 88.5 Å². The number of carboxylic acids is 1. The molecule has 0 heterocycles. The number of hydrogen-bond acceptors (Lipinski definition) is 4. The summed E-state index contributed by atoms with van der Waals surface area (Å²) in [7, 11) is 0. The number of carbonyl (C=O) groups is 4. The number of carboxylic acid groups (broad SMARTS) is 1. The van der Waals surface area contributed by atoms with Crippen LogP contribution >= 0.6 is 0 Å². The SMILES string of the molecule is CC(=O)CC(=O)c1ccc(CC(=O)c2ccccc2C(=O)O)cc1. The number of aromatic carboxylic acids is 1. The first-order valence-electron chi connectivity index (χ1n) is 7.35. The molecule has 5 nitrogen and oxygen atoms in total. The summed E-state index contributed by atoms with van der Waals surface area (Å²) >= 11 is 0. The summed E-state index contributed by atoms with van der Waals surface area (Å²) in [6, 6.07) is 12.5. The van der Waals surface area contributed by atoms with Crippen LogP contribution in [-0.2, 0) is 11.2 Å². The average Bonchev–Trinajstić information content (AvgIpc) is 2.54. The monoisotopic (exact) mass is 324 g/mol. The maximum atomic E-state index is 12.3. The lowest BCUT2D eigenvalue weighted by molar-refractivity contribution is -0.116. The van der Waals surface area contributed by atoms with Crippen molar-refractivity contribution in [2.45, 2.75) is 19.8 Å². The Morgan fingerprint density at radius 3 is 1.96 bits per heavy atom. The largest absolute Gasteiger partial charge is 0.478 e. The van der Waals surface area contributed by atoms with Gasteiger partial charge in [0.2, 0.25) is 0 Å². The summed E-state index contributed by atoms with van der Waals surface area (Å²) < 4.78 is 0. The highest BCUT2D eigenvalue weighted by Gasteiger charge is 2.16. The van der Waals surface area contributed by atoms with Crippen molar-refractivity contribution in [1.82, 2.24) is 0 Å². The quantitative estimate of drug-likeness (QED) is 0.625. The molecule has 0 aliphatic rings. The van der Waals surface area contributed by atoms with Crippen LogP contribution in [-0.4, -0.2) is 28.4 Å². The second-order valence-corrected chi connectivity index (χ2v) is 5.45. The highest BCUT2D eigenvalue weighted by atomic mass is 16.4. The first-order chi connectivity index (χ1) is 11.4. The van der Waals surface area contributed by atoms with Crippen molar-refractivity contribution in [3.63, 3.8) is 0 Å². The molecule has 0 saturated carbocycles. The van der Waals surface area contributed by atoms with E-state index < -0.39 is 5.97 Å². The molecule has 1 N–H and O–H groups in total. The van der Waals surface area contributed by atoms with Gasteiger partial charge in [0.1, 0.15) is 5.78 Å². The van der Waals surface area contributed by atoms with E-state index in [2.05, 4.69) is 0 Å². The van der Waals surface area contributed by atoms with Crippen LogP contribution in [0.1, 0.15) is 50.0 Å². The van der Waals surface area contributed by atoms with E-state index in [9.17, 15) is 19.2 Å². The van der Waals surface area contributed by atoms with Crippen molar-refractivity contribution < 1.29 is 24.3 Å². The van der Waals surface area contributed by atoms with Gasteiger partial charge in [-0.2, -0.15) is 0 Å². The van der Waals surface area contributed by atoms with Gasteiger partial charge in [-0.1, -0.05) is 42.5 Å². The molecule has 2 aromatic rings. The van der Waals surface area contributed by atoms with E-state index in [1.807, 2.05) is 0 Å². The van der Waals surface area contributed by atoms with Crippen molar-refractivity contribution in [3.8, 4) is 0 Å². The molecule has 0 amide bonds. The van der Waals surface area contributed by atoms with Gasteiger partial charge in [-0.05, 0) is 18.6 Å². The van der Waals surface area contributed by atoms with Gasteiger partial charge in [-0.3, -0.25) is 14.4 Å². The Kier molecular flexibility index (Phi) is 5.37. The van der Waals surface area contributed by atoms with E-state index in [0.717, 1.165) is 0 Å². The molecular weight excluding hydrogens is 308 g/mol. The number of benzene rings is 2. The number of carbonyl (C=O) groups excluding carboxylic acids is 3. The predicted octanol–water partition coefficient (Wildman–Crippen LogP) is 2.97. The maximum Gasteiger partial charge on any atom is 0.336 e. The average molecular weight is 324 g/mol. The molecule has 0 fully saturated rings. The normalized spacial score (nSPS) is 10.2. The molecular formula is C19H16O5. The fourth-order valence-corrected chi connectivity index (χ4v) is 2.33. The lowest BCUT2D eigenvalue weighted by Gasteiger charge is -2.06. The molecule has 0 spiro atoms. The minimum absolute atomic E-state index is 0.0317. The Labute approximate surface area is 138 Å². The molecule has 0 aliphatic heterocycles. The van der Waals surface area contributed by atoms with Gasteiger partial charge in [0.25, 0.3) is 0 Å². The van der Waals surface area contributed by atoms with Gasteiger partial charge in [-0.15, -0.1) is 0 Å². The van der Waals surface area contributed by atoms with Gasteiger partial charge in [0.05, 0.1) is 12.0 Å². The highest BCUT2D eigenvalue weighted by molar-refractivity contribution is 6.08. The molecule has 0 radical (unpaired) electrons. The van der Waals surface area contributed by atoms with Crippen LogP contribution in [0, 0.1) is 0 Å². The van der Waals surface area contributed by atoms with E-state index in [0.29, 0.717) is 11.1 Å². The molecule has 0 bridgehead atoms. The first-order valence-corrected chi connectivity index (χ1v) is 7.35. The molecule has 24 heavy (non-hydrogen) atoms. The number of rotatable bonds is 7. The molecule has 2 aromatic carbocycles. The summed E-state index contributed by atoms with van der Waals surface area (Å²) in [5, 5.41) is 9.13. The van der Waals surface area contributed by atoms with Crippen LogP contribution in [0.2, 0.25) is 0 Å². The summed E-state index contributed by atoms with van der Waals surface area (Å²) in [5.41, 5.74) is 1.20. The fraction of sp³-hybridized carbons (Fsp3) is 0.158. The first kappa shape index (κ1) is 17.3. The number of hydrogen-bond donors (Lipinski definition) is 1. The summed E-state index contributed by atoms with van der Waals surface area (Å²) in [6.07, 6.45) is -0.115. The van der Waals surface area contributed by atoms with Gasteiger partial charge < -0.3 is 5.11 Å². The fourth-order valence-electron chi connectivity index (χ4n) is 2.33.